The second-order valence-electron chi connectivity index (χ2n) is 6.36. The fourth-order valence-corrected chi connectivity index (χ4v) is 3.42. The lowest BCUT2D eigenvalue weighted by Gasteiger charge is -2.06. The summed E-state index contributed by atoms with van der Waals surface area (Å²) in [6.07, 6.45) is 6.00. The zero-order valence-corrected chi connectivity index (χ0v) is 14.7. The number of hydrogen-bond donors (Lipinski definition) is 0. The molecular formula is C20H28OS. The van der Waals surface area contributed by atoms with Crippen LogP contribution < -0.4 is 0 Å². The zero-order chi connectivity index (χ0) is 15.6. The van der Waals surface area contributed by atoms with Crippen LogP contribution in [0.1, 0.15) is 49.1 Å². The first-order valence-corrected chi connectivity index (χ1v) is 9.30. The maximum Gasteiger partial charge on any atom is 0.0488 e. The smallest absolute Gasteiger partial charge is 0.0488 e. The molecule has 22 heavy (non-hydrogen) atoms. The van der Waals surface area contributed by atoms with Gasteiger partial charge in [0.05, 0.1) is 0 Å². The molecule has 0 bridgehead atoms. The Balaban J connectivity index is 1.61. The van der Waals surface area contributed by atoms with E-state index in [1.54, 1.807) is 0 Å². The molecule has 1 heterocycles. The summed E-state index contributed by atoms with van der Waals surface area (Å²) in [6, 6.07) is 13.1. The van der Waals surface area contributed by atoms with Crippen molar-refractivity contribution < 1.29 is 4.74 Å². The first kappa shape index (κ1) is 17.2. The number of thiophene rings is 1. The lowest BCUT2D eigenvalue weighted by Crippen LogP contribution is -2.03. The van der Waals surface area contributed by atoms with Gasteiger partial charge >= 0.3 is 0 Å². The van der Waals surface area contributed by atoms with Crippen molar-refractivity contribution in [2.75, 3.05) is 13.2 Å². The molecule has 2 rings (SSSR count). The van der Waals surface area contributed by atoms with E-state index in [9.17, 15) is 0 Å². The van der Waals surface area contributed by atoms with E-state index in [1.165, 1.54) is 41.7 Å². The summed E-state index contributed by atoms with van der Waals surface area (Å²) in [4.78, 5) is 1.52. The summed E-state index contributed by atoms with van der Waals surface area (Å²) in [7, 11) is 0. The molecule has 0 radical (unpaired) electrons. The Morgan fingerprint density at radius 3 is 2.59 bits per heavy atom. The zero-order valence-electron chi connectivity index (χ0n) is 13.9. The maximum absolute atomic E-state index is 5.62. The molecule has 0 amide bonds. The Bertz CT molecular complexity index is 516. The van der Waals surface area contributed by atoms with Crippen molar-refractivity contribution in [2.45, 2.75) is 46.0 Å². The van der Waals surface area contributed by atoms with Crippen LogP contribution in [0.25, 0.3) is 0 Å². The van der Waals surface area contributed by atoms with E-state index in [0.29, 0.717) is 5.92 Å². The molecule has 1 aromatic carbocycles. The van der Waals surface area contributed by atoms with Gasteiger partial charge in [-0.15, -0.1) is 11.3 Å². The van der Waals surface area contributed by atoms with E-state index in [2.05, 4.69) is 55.6 Å². The highest BCUT2D eigenvalue weighted by atomic mass is 32.1. The van der Waals surface area contributed by atoms with Gasteiger partial charge in [0.15, 0.2) is 0 Å². The molecule has 0 atom stereocenters. The van der Waals surface area contributed by atoms with Crippen LogP contribution in [0.3, 0.4) is 0 Å². The van der Waals surface area contributed by atoms with Gasteiger partial charge in [0, 0.05) is 18.1 Å². The molecule has 1 nitrogen and oxygen atoms in total. The Hall–Kier alpha value is -1.12. The van der Waals surface area contributed by atoms with Gasteiger partial charge in [0.1, 0.15) is 0 Å². The van der Waals surface area contributed by atoms with E-state index < -0.39 is 0 Å². The van der Waals surface area contributed by atoms with Crippen LogP contribution in [0.15, 0.2) is 41.8 Å². The lowest BCUT2D eigenvalue weighted by atomic mass is 10.1. The largest absolute Gasteiger partial charge is 0.381 e. The summed E-state index contributed by atoms with van der Waals surface area (Å²) >= 11 is 1.91. The molecule has 0 saturated carbocycles. The monoisotopic (exact) mass is 316 g/mol. The van der Waals surface area contributed by atoms with Gasteiger partial charge < -0.3 is 4.74 Å². The Kier molecular flexibility index (Phi) is 7.68. The molecular weight excluding hydrogens is 288 g/mol. The van der Waals surface area contributed by atoms with Gasteiger partial charge in [-0.05, 0) is 54.2 Å². The Labute approximate surface area is 139 Å². The van der Waals surface area contributed by atoms with Crippen LogP contribution in [0.4, 0.5) is 0 Å². The molecule has 0 aliphatic carbocycles. The number of hydrogen-bond acceptors (Lipinski definition) is 2. The minimum Gasteiger partial charge on any atom is -0.381 e. The van der Waals surface area contributed by atoms with Crippen molar-refractivity contribution in [3.05, 3.63) is 57.8 Å². The SMILES string of the molecule is CC(C)COCCCCCc1cc(Cc2ccccc2)cs1. The van der Waals surface area contributed by atoms with Crippen LogP contribution >= 0.6 is 11.3 Å². The molecule has 1 aromatic heterocycles. The first-order chi connectivity index (χ1) is 10.7. The number of aryl methyl sites for hydroxylation is 1. The van der Waals surface area contributed by atoms with Gasteiger partial charge in [-0.1, -0.05) is 50.6 Å². The van der Waals surface area contributed by atoms with Crippen LogP contribution in [0, 0.1) is 5.92 Å². The van der Waals surface area contributed by atoms with E-state index >= 15 is 0 Å². The Morgan fingerprint density at radius 1 is 1.00 bits per heavy atom. The fourth-order valence-electron chi connectivity index (χ4n) is 2.48. The highest BCUT2D eigenvalue weighted by Crippen LogP contribution is 2.20. The maximum atomic E-state index is 5.62. The molecule has 0 saturated heterocycles. The van der Waals surface area contributed by atoms with Gasteiger partial charge in [-0.3, -0.25) is 0 Å². The lowest BCUT2D eigenvalue weighted by molar-refractivity contribution is 0.106. The normalized spacial score (nSPS) is 11.2. The van der Waals surface area contributed by atoms with Gasteiger partial charge in [-0.2, -0.15) is 0 Å². The molecule has 0 aliphatic rings. The van der Waals surface area contributed by atoms with Crippen molar-refractivity contribution in [2.24, 2.45) is 5.92 Å². The first-order valence-electron chi connectivity index (χ1n) is 8.42. The van der Waals surface area contributed by atoms with Crippen molar-refractivity contribution in [1.29, 1.82) is 0 Å². The van der Waals surface area contributed by atoms with E-state index in [-0.39, 0.29) is 0 Å². The fraction of sp³-hybridized carbons (Fsp3) is 0.500. The third-order valence-corrected chi connectivity index (χ3v) is 4.67. The van der Waals surface area contributed by atoms with Crippen LogP contribution in [-0.2, 0) is 17.6 Å². The summed E-state index contributed by atoms with van der Waals surface area (Å²) in [6.45, 7) is 6.21. The number of ether oxygens (including phenoxy) is 1. The topological polar surface area (TPSA) is 9.23 Å². The van der Waals surface area contributed by atoms with Gasteiger partial charge in [0.25, 0.3) is 0 Å². The molecule has 0 spiro atoms. The van der Waals surface area contributed by atoms with Gasteiger partial charge in [-0.25, -0.2) is 0 Å². The quantitative estimate of drug-likeness (QED) is 0.509. The minimum absolute atomic E-state index is 0.647. The Morgan fingerprint density at radius 2 is 1.82 bits per heavy atom. The third-order valence-electron chi connectivity index (χ3n) is 3.62. The summed E-state index contributed by atoms with van der Waals surface area (Å²) in [5, 5.41) is 2.31. The molecule has 0 fully saturated rings. The number of benzene rings is 1. The number of unbranched alkanes of at least 4 members (excludes halogenated alkanes) is 2. The van der Waals surface area contributed by atoms with E-state index in [1.807, 2.05) is 11.3 Å². The molecule has 0 aliphatic heterocycles. The van der Waals surface area contributed by atoms with Crippen molar-refractivity contribution in [3.8, 4) is 0 Å². The third kappa shape index (κ3) is 6.76. The molecule has 2 aromatic rings. The van der Waals surface area contributed by atoms with Crippen molar-refractivity contribution in [1.82, 2.24) is 0 Å². The van der Waals surface area contributed by atoms with E-state index in [0.717, 1.165) is 19.6 Å². The van der Waals surface area contributed by atoms with E-state index in [4.69, 9.17) is 4.74 Å². The molecule has 2 heteroatoms. The molecule has 0 unspecified atom stereocenters. The van der Waals surface area contributed by atoms with Crippen molar-refractivity contribution >= 4 is 11.3 Å². The average Bonchev–Trinajstić information content (AvgIpc) is 2.94. The van der Waals surface area contributed by atoms with Crippen LogP contribution in [0.5, 0.6) is 0 Å². The highest BCUT2D eigenvalue weighted by Gasteiger charge is 2.02. The second-order valence-corrected chi connectivity index (χ2v) is 7.36. The summed E-state index contributed by atoms with van der Waals surface area (Å²) < 4.78 is 5.62. The molecule has 0 N–H and O–H groups in total. The van der Waals surface area contributed by atoms with Crippen LogP contribution in [0.2, 0.25) is 0 Å². The summed E-state index contributed by atoms with van der Waals surface area (Å²) in [5.41, 5.74) is 2.85. The minimum atomic E-state index is 0.647. The standard InChI is InChI=1S/C20H28OS/c1-17(2)15-21-12-8-4-7-11-20-14-19(16-22-20)13-18-9-5-3-6-10-18/h3,5-6,9-10,14,16-17H,4,7-8,11-13,15H2,1-2H3. The predicted octanol–water partition coefficient (Wildman–Crippen LogP) is 5.72. The van der Waals surface area contributed by atoms with Gasteiger partial charge in [0.2, 0.25) is 0 Å². The molecule has 120 valence electrons. The second kappa shape index (κ2) is 9.81. The predicted molar refractivity (Wildman–Crippen MR) is 96.8 cm³/mol. The van der Waals surface area contributed by atoms with Crippen molar-refractivity contribution in [3.63, 3.8) is 0 Å². The number of rotatable bonds is 10. The average molecular weight is 317 g/mol. The highest BCUT2D eigenvalue weighted by molar-refractivity contribution is 7.10. The van der Waals surface area contributed by atoms with Crippen LogP contribution in [-0.4, -0.2) is 13.2 Å². The summed E-state index contributed by atoms with van der Waals surface area (Å²) in [5.74, 6) is 0.647.